The Morgan fingerprint density at radius 1 is 0.607 bits per heavy atom. The van der Waals surface area contributed by atoms with E-state index < -0.39 is 0 Å². The van der Waals surface area contributed by atoms with E-state index in [1.165, 1.54) is 22.3 Å². The van der Waals surface area contributed by atoms with Gasteiger partial charge < -0.3 is 4.40 Å². The van der Waals surface area contributed by atoms with Crippen LogP contribution < -0.4 is 0 Å². The number of fused-ring (bicyclic) bond motifs is 1. The molecule has 0 radical (unpaired) electrons. The summed E-state index contributed by atoms with van der Waals surface area (Å²) in [5, 5.41) is 0. The maximum absolute atomic E-state index is 4.98. The predicted octanol–water partition coefficient (Wildman–Crippen LogP) is 6.64. The molecule has 0 amide bonds. The first-order valence-corrected chi connectivity index (χ1v) is 9.48. The van der Waals surface area contributed by atoms with Crippen LogP contribution in [0.2, 0.25) is 0 Å². The summed E-state index contributed by atoms with van der Waals surface area (Å²) in [5.41, 5.74) is 9.05. The maximum Gasteiger partial charge on any atom is 0.145 e. The smallest absolute Gasteiger partial charge is 0.145 e. The van der Waals surface area contributed by atoms with Crippen molar-refractivity contribution >= 4 is 5.65 Å². The number of benzene rings is 3. The molecule has 0 bridgehead atoms. The van der Waals surface area contributed by atoms with Crippen LogP contribution in [-0.2, 0) is 0 Å². The van der Waals surface area contributed by atoms with Gasteiger partial charge in [0.05, 0.1) is 5.69 Å². The molecule has 2 aromatic heterocycles. The number of hydrogen-bond acceptors (Lipinski definition) is 1. The zero-order chi connectivity index (χ0) is 18.9. The van der Waals surface area contributed by atoms with Gasteiger partial charge in [-0.25, -0.2) is 4.98 Å². The molecule has 0 fully saturated rings. The zero-order valence-corrected chi connectivity index (χ0v) is 15.7. The fourth-order valence-corrected chi connectivity index (χ4v) is 3.58. The van der Waals surface area contributed by atoms with E-state index in [2.05, 4.69) is 103 Å². The van der Waals surface area contributed by atoms with E-state index in [1.54, 1.807) is 0 Å². The lowest BCUT2D eigenvalue weighted by Gasteiger charge is -2.09. The van der Waals surface area contributed by atoms with Gasteiger partial charge in [0, 0.05) is 23.5 Å². The van der Waals surface area contributed by atoms with Crippen molar-refractivity contribution in [2.75, 3.05) is 0 Å². The molecule has 5 aromatic rings. The van der Waals surface area contributed by atoms with Crippen molar-refractivity contribution in [3.63, 3.8) is 0 Å². The van der Waals surface area contributed by atoms with Crippen LogP contribution in [0.4, 0.5) is 0 Å². The molecule has 0 saturated carbocycles. The molecule has 2 nitrogen and oxygen atoms in total. The van der Waals surface area contributed by atoms with Crippen molar-refractivity contribution in [3.8, 4) is 33.5 Å². The number of nitrogens with zero attached hydrogens (tertiary/aromatic N) is 2. The van der Waals surface area contributed by atoms with Crippen molar-refractivity contribution < 1.29 is 0 Å². The Kier molecular flexibility index (Phi) is 4.02. The van der Waals surface area contributed by atoms with Crippen LogP contribution in [0.15, 0.2) is 103 Å². The molecular formula is C26H20N2. The monoisotopic (exact) mass is 360 g/mol. The first-order chi connectivity index (χ1) is 13.8. The third kappa shape index (κ3) is 2.99. The highest BCUT2D eigenvalue weighted by Crippen LogP contribution is 2.32. The standard InChI is InChI=1S/C26H20N2/c1-19-12-14-21(15-13-19)24-16-23(20-8-4-2-5-9-20)17-28-18-25(27-26(24)28)22-10-6-3-7-11-22/h2-18H,1H3. The van der Waals surface area contributed by atoms with Gasteiger partial charge in [0.25, 0.3) is 0 Å². The number of rotatable bonds is 3. The Balaban J connectivity index is 1.77. The van der Waals surface area contributed by atoms with Gasteiger partial charge in [-0.3, -0.25) is 0 Å². The van der Waals surface area contributed by atoms with Crippen LogP contribution in [0, 0.1) is 6.92 Å². The molecule has 0 saturated heterocycles. The summed E-state index contributed by atoms with van der Waals surface area (Å²) in [6, 6.07) is 31.8. The lowest BCUT2D eigenvalue weighted by molar-refractivity contribution is 1.19. The molecule has 0 aliphatic carbocycles. The highest BCUT2D eigenvalue weighted by atomic mass is 15.0. The molecule has 3 aromatic carbocycles. The Hall–Kier alpha value is -3.65. The second kappa shape index (κ2) is 6.82. The molecule has 5 rings (SSSR count). The fourth-order valence-electron chi connectivity index (χ4n) is 3.58. The fraction of sp³-hybridized carbons (Fsp3) is 0.0385. The average Bonchev–Trinajstić information content (AvgIpc) is 3.19. The molecule has 134 valence electrons. The molecule has 2 heteroatoms. The van der Waals surface area contributed by atoms with Crippen LogP contribution in [-0.4, -0.2) is 9.38 Å². The van der Waals surface area contributed by atoms with E-state index >= 15 is 0 Å². The minimum Gasteiger partial charge on any atom is -0.305 e. The van der Waals surface area contributed by atoms with E-state index in [-0.39, 0.29) is 0 Å². The third-order valence-electron chi connectivity index (χ3n) is 5.09. The summed E-state index contributed by atoms with van der Waals surface area (Å²) in [4.78, 5) is 4.98. The van der Waals surface area contributed by atoms with Gasteiger partial charge >= 0.3 is 0 Å². The first kappa shape index (κ1) is 16.5. The largest absolute Gasteiger partial charge is 0.305 e. The number of aromatic nitrogens is 2. The number of imidazole rings is 1. The normalized spacial score (nSPS) is 11.0. The second-order valence-corrected chi connectivity index (χ2v) is 7.10. The minimum absolute atomic E-state index is 0.974. The van der Waals surface area contributed by atoms with Gasteiger partial charge in [0.2, 0.25) is 0 Å². The average molecular weight is 360 g/mol. The Morgan fingerprint density at radius 3 is 1.93 bits per heavy atom. The van der Waals surface area contributed by atoms with Crippen LogP contribution in [0.3, 0.4) is 0 Å². The van der Waals surface area contributed by atoms with E-state index in [0.717, 1.165) is 22.5 Å². The van der Waals surface area contributed by atoms with Crippen LogP contribution in [0.5, 0.6) is 0 Å². The van der Waals surface area contributed by atoms with Crippen molar-refractivity contribution in [1.29, 1.82) is 0 Å². The summed E-state index contributed by atoms with van der Waals surface area (Å²) in [6.07, 6.45) is 4.29. The molecule has 0 aliphatic rings. The molecule has 0 unspecified atom stereocenters. The molecule has 0 spiro atoms. The Labute approximate surface area is 164 Å². The van der Waals surface area contributed by atoms with Crippen LogP contribution in [0.1, 0.15) is 5.56 Å². The van der Waals surface area contributed by atoms with Gasteiger partial charge in [-0.15, -0.1) is 0 Å². The van der Waals surface area contributed by atoms with Crippen molar-refractivity contribution in [2.24, 2.45) is 0 Å². The van der Waals surface area contributed by atoms with Crippen molar-refractivity contribution in [3.05, 3.63) is 109 Å². The lowest BCUT2D eigenvalue weighted by atomic mass is 10.0. The van der Waals surface area contributed by atoms with E-state index in [4.69, 9.17) is 4.98 Å². The SMILES string of the molecule is Cc1ccc(-c2cc(-c3ccccc3)cn3cc(-c4ccccc4)nc23)cc1. The number of aryl methyl sites for hydroxylation is 1. The van der Waals surface area contributed by atoms with E-state index in [9.17, 15) is 0 Å². The van der Waals surface area contributed by atoms with Crippen molar-refractivity contribution in [2.45, 2.75) is 6.92 Å². The highest BCUT2D eigenvalue weighted by Gasteiger charge is 2.12. The molecule has 0 atom stereocenters. The molecule has 2 heterocycles. The topological polar surface area (TPSA) is 17.3 Å². The first-order valence-electron chi connectivity index (χ1n) is 9.48. The zero-order valence-electron chi connectivity index (χ0n) is 15.7. The van der Waals surface area contributed by atoms with Crippen molar-refractivity contribution in [1.82, 2.24) is 9.38 Å². The summed E-state index contributed by atoms with van der Waals surface area (Å²) >= 11 is 0. The Bertz CT molecular complexity index is 1230. The van der Waals surface area contributed by atoms with Gasteiger partial charge in [0.1, 0.15) is 5.65 Å². The quantitative estimate of drug-likeness (QED) is 0.352. The summed E-state index contributed by atoms with van der Waals surface area (Å²) < 4.78 is 2.15. The summed E-state index contributed by atoms with van der Waals surface area (Å²) in [5.74, 6) is 0. The molecule has 0 aliphatic heterocycles. The van der Waals surface area contributed by atoms with Crippen LogP contribution >= 0.6 is 0 Å². The van der Waals surface area contributed by atoms with E-state index in [1.807, 2.05) is 12.1 Å². The minimum atomic E-state index is 0.974. The molecular weight excluding hydrogens is 340 g/mol. The molecule has 28 heavy (non-hydrogen) atoms. The van der Waals surface area contributed by atoms with Gasteiger partial charge in [0.15, 0.2) is 0 Å². The second-order valence-electron chi connectivity index (χ2n) is 7.10. The summed E-state index contributed by atoms with van der Waals surface area (Å²) in [6.45, 7) is 2.11. The number of pyridine rings is 1. The predicted molar refractivity (Wildman–Crippen MR) is 116 cm³/mol. The highest BCUT2D eigenvalue weighted by molar-refractivity contribution is 5.84. The van der Waals surface area contributed by atoms with E-state index in [0.29, 0.717) is 0 Å². The van der Waals surface area contributed by atoms with Gasteiger partial charge in [-0.2, -0.15) is 0 Å². The summed E-state index contributed by atoms with van der Waals surface area (Å²) in [7, 11) is 0. The van der Waals surface area contributed by atoms with Gasteiger partial charge in [-0.05, 0) is 29.7 Å². The van der Waals surface area contributed by atoms with Crippen LogP contribution in [0.25, 0.3) is 39.2 Å². The van der Waals surface area contributed by atoms with Gasteiger partial charge in [-0.1, -0.05) is 90.5 Å². The third-order valence-corrected chi connectivity index (χ3v) is 5.09. The number of hydrogen-bond donors (Lipinski definition) is 0. The molecule has 0 N–H and O–H groups in total. The Morgan fingerprint density at radius 2 is 1.25 bits per heavy atom. The maximum atomic E-state index is 4.98. The lowest BCUT2D eigenvalue weighted by Crippen LogP contribution is -1.91.